The molecule has 0 aliphatic heterocycles. The monoisotopic (exact) mass is 217 g/mol. The van der Waals surface area contributed by atoms with Gasteiger partial charge in [-0.1, -0.05) is 6.92 Å². The third-order valence-electron chi connectivity index (χ3n) is 2.38. The summed E-state index contributed by atoms with van der Waals surface area (Å²) in [6.45, 7) is 4.16. The van der Waals surface area contributed by atoms with Gasteiger partial charge in [0.15, 0.2) is 0 Å². The third-order valence-corrected chi connectivity index (χ3v) is 2.38. The Bertz CT molecular complexity index is 272. The van der Waals surface area contributed by atoms with E-state index in [1.54, 1.807) is 0 Å². The summed E-state index contributed by atoms with van der Waals surface area (Å²) >= 11 is 0. The topological polar surface area (TPSA) is 94.9 Å². The van der Waals surface area contributed by atoms with Gasteiger partial charge in [-0.05, 0) is 13.3 Å². The highest BCUT2D eigenvalue weighted by atomic mass is 16.4. The molecule has 15 heavy (non-hydrogen) atoms. The van der Waals surface area contributed by atoms with Gasteiger partial charge in [0.2, 0.25) is 11.4 Å². The Kier molecular flexibility index (Phi) is 4.26. The van der Waals surface area contributed by atoms with Gasteiger partial charge in [-0.15, -0.1) is 0 Å². The number of rotatable bonds is 5. The number of carboxylic acids is 2. The number of nitrogens with zero attached hydrogens (tertiary/aromatic N) is 1. The zero-order valence-corrected chi connectivity index (χ0v) is 8.98. The molecule has 0 aliphatic rings. The average molecular weight is 217 g/mol. The van der Waals surface area contributed by atoms with Gasteiger partial charge in [-0.25, -0.2) is 9.59 Å². The molecule has 86 valence electrons. The fourth-order valence-corrected chi connectivity index (χ4v) is 1.58. The molecule has 0 fully saturated rings. The summed E-state index contributed by atoms with van der Waals surface area (Å²) in [5.41, 5.74) is -2.15. The van der Waals surface area contributed by atoms with Crippen molar-refractivity contribution in [2.24, 2.45) is 0 Å². The molecule has 0 aromatic heterocycles. The second-order valence-corrected chi connectivity index (χ2v) is 3.09. The minimum absolute atomic E-state index is 0.0434. The highest BCUT2D eigenvalue weighted by Crippen LogP contribution is 2.21. The van der Waals surface area contributed by atoms with E-state index in [2.05, 4.69) is 0 Å². The molecular weight excluding hydrogens is 202 g/mol. The lowest BCUT2D eigenvalue weighted by Gasteiger charge is -2.35. The fraction of sp³-hybridized carbons (Fsp3) is 0.667. The van der Waals surface area contributed by atoms with Crippen molar-refractivity contribution in [2.45, 2.75) is 32.7 Å². The Morgan fingerprint density at radius 2 is 1.53 bits per heavy atom. The second-order valence-electron chi connectivity index (χ2n) is 3.09. The first-order valence-corrected chi connectivity index (χ1v) is 4.59. The SMILES string of the molecule is CCN(C(C)=O)C(CC)(C(=O)O)C(=O)O. The molecular formula is C9H15NO5. The molecule has 0 bridgehead atoms. The standard InChI is InChI=1S/C9H15NO5/c1-4-9(7(12)13,8(14)15)10(5-2)6(3)11/h4-5H2,1-3H3,(H,12,13)(H,14,15). The molecule has 0 aliphatic carbocycles. The number of carbonyl (C=O) groups is 3. The van der Waals surface area contributed by atoms with Gasteiger partial charge >= 0.3 is 11.9 Å². The summed E-state index contributed by atoms with van der Waals surface area (Å²) in [5.74, 6) is -3.60. The van der Waals surface area contributed by atoms with Gasteiger partial charge in [-0.3, -0.25) is 4.79 Å². The Morgan fingerprint density at radius 3 is 1.60 bits per heavy atom. The van der Waals surface area contributed by atoms with Crippen LogP contribution in [0.4, 0.5) is 0 Å². The maximum atomic E-state index is 11.2. The van der Waals surface area contributed by atoms with Gasteiger partial charge < -0.3 is 15.1 Å². The Morgan fingerprint density at radius 1 is 1.13 bits per heavy atom. The summed E-state index contributed by atoms with van der Waals surface area (Å²) in [6.07, 6.45) is -0.176. The van der Waals surface area contributed by atoms with Crippen LogP contribution in [0.3, 0.4) is 0 Å². The van der Waals surface area contributed by atoms with Crippen LogP contribution < -0.4 is 0 Å². The highest BCUT2D eigenvalue weighted by Gasteiger charge is 2.51. The summed E-state index contributed by atoms with van der Waals surface area (Å²) in [6, 6.07) is 0. The van der Waals surface area contributed by atoms with Crippen LogP contribution in [0, 0.1) is 0 Å². The van der Waals surface area contributed by atoms with E-state index in [0.29, 0.717) is 0 Å². The van der Waals surface area contributed by atoms with Crippen molar-refractivity contribution >= 4 is 17.8 Å². The molecule has 0 aromatic carbocycles. The molecule has 2 N–H and O–H groups in total. The van der Waals surface area contributed by atoms with E-state index in [9.17, 15) is 14.4 Å². The van der Waals surface area contributed by atoms with E-state index in [1.807, 2.05) is 0 Å². The molecule has 0 radical (unpaired) electrons. The van der Waals surface area contributed by atoms with Crippen molar-refractivity contribution in [3.05, 3.63) is 0 Å². The van der Waals surface area contributed by atoms with Crippen LogP contribution >= 0.6 is 0 Å². The van der Waals surface area contributed by atoms with E-state index < -0.39 is 23.4 Å². The van der Waals surface area contributed by atoms with Crippen LogP contribution in [-0.2, 0) is 14.4 Å². The van der Waals surface area contributed by atoms with Crippen molar-refractivity contribution in [3.63, 3.8) is 0 Å². The minimum Gasteiger partial charge on any atom is -0.479 e. The molecule has 6 nitrogen and oxygen atoms in total. The van der Waals surface area contributed by atoms with E-state index in [4.69, 9.17) is 10.2 Å². The van der Waals surface area contributed by atoms with Gasteiger partial charge in [0, 0.05) is 13.5 Å². The number of carboxylic acid groups (broad SMARTS) is 2. The Hall–Kier alpha value is -1.59. The lowest BCUT2D eigenvalue weighted by atomic mass is 9.93. The summed E-state index contributed by atoms with van der Waals surface area (Å²) in [7, 11) is 0. The van der Waals surface area contributed by atoms with E-state index in [-0.39, 0.29) is 13.0 Å². The second kappa shape index (κ2) is 4.77. The molecule has 1 amide bonds. The fourth-order valence-electron chi connectivity index (χ4n) is 1.58. The summed E-state index contributed by atoms with van der Waals surface area (Å²) < 4.78 is 0. The number of likely N-dealkylation sites (N-methyl/N-ethyl adjacent to an activating group) is 1. The Balaban J connectivity index is 5.51. The quantitative estimate of drug-likeness (QED) is 0.640. The van der Waals surface area contributed by atoms with Gasteiger partial charge in [0.25, 0.3) is 0 Å². The minimum atomic E-state index is -2.15. The van der Waals surface area contributed by atoms with Crippen LogP contribution in [0.1, 0.15) is 27.2 Å². The normalized spacial score (nSPS) is 10.9. The smallest absolute Gasteiger partial charge is 0.341 e. The highest BCUT2D eigenvalue weighted by molar-refractivity contribution is 6.06. The van der Waals surface area contributed by atoms with Crippen LogP contribution in [0.5, 0.6) is 0 Å². The largest absolute Gasteiger partial charge is 0.479 e. The molecule has 0 saturated carbocycles. The number of aliphatic carboxylic acids is 2. The number of amides is 1. The van der Waals surface area contributed by atoms with E-state index in [0.717, 1.165) is 11.8 Å². The zero-order valence-electron chi connectivity index (χ0n) is 8.98. The van der Waals surface area contributed by atoms with Crippen LogP contribution in [0.25, 0.3) is 0 Å². The molecule has 0 saturated heterocycles. The maximum Gasteiger partial charge on any atom is 0.341 e. The predicted molar refractivity (Wildman–Crippen MR) is 51.4 cm³/mol. The lowest BCUT2D eigenvalue weighted by Crippen LogP contribution is -2.61. The van der Waals surface area contributed by atoms with Gasteiger partial charge in [-0.2, -0.15) is 0 Å². The first-order valence-electron chi connectivity index (χ1n) is 4.59. The molecule has 0 unspecified atom stereocenters. The van der Waals surface area contributed by atoms with Crippen molar-refractivity contribution in [2.75, 3.05) is 6.54 Å². The number of hydrogen-bond donors (Lipinski definition) is 2. The first kappa shape index (κ1) is 13.4. The molecule has 6 heteroatoms. The van der Waals surface area contributed by atoms with Crippen molar-refractivity contribution in [3.8, 4) is 0 Å². The number of carbonyl (C=O) groups excluding carboxylic acids is 1. The lowest BCUT2D eigenvalue weighted by molar-refractivity contribution is -0.172. The molecule has 0 heterocycles. The number of hydrogen-bond acceptors (Lipinski definition) is 3. The molecule has 0 spiro atoms. The van der Waals surface area contributed by atoms with Crippen molar-refractivity contribution < 1.29 is 24.6 Å². The Labute approximate surface area is 87.5 Å². The van der Waals surface area contributed by atoms with Crippen molar-refractivity contribution in [1.82, 2.24) is 4.90 Å². The van der Waals surface area contributed by atoms with E-state index in [1.165, 1.54) is 13.8 Å². The summed E-state index contributed by atoms with van der Waals surface area (Å²) in [5, 5.41) is 17.9. The predicted octanol–water partition coefficient (Wildman–Crippen LogP) is 0.173. The van der Waals surface area contributed by atoms with Crippen LogP contribution in [0.2, 0.25) is 0 Å². The molecule has 0 aromatic rings. The van der Waals surface area contributed by atoms with Gasteiger partial charge in [0.1, 0.15) is 0 Å². The van der Waals surface area contributed by atoms with E-state index >= 15 is 0 Å². The first-order chi connectivity index (χ1) is 6.84. The van der Waals surface area contributed by atoms with Crippen LogP contribution in [-0.4, -0.2) is 45.0 Å². The maximum absolute atomic E-state index is 11.2. The van der Waals surface area contributed by atoms with Crippen LogP contribution in [0.15, 0.2) is 0 Å². The van der Waals surface area contributed by atoms with Gasteiger partial charge in [0.05, 0.1) is 0 Å². The third kappa shape index (κ3) is 2.08. The van der Waals surface area contributed by atoms with Crippen molar-refractivity contribution in [1.29, 1.82) is 0 Å². The summed E-state index contributed by atoms with van der Waals surface area (Å²) in [4.78, 5) is 34.1. The molecule has 0 atom stereocenters. The zero-order chi connectivity index (χ0) is 12.2. The molecule has 0 rings (SSSR count). The average Bonchev–Trinajstić information content (AvgIpc) is 2.11.